The first-order chi connectivity index (χ1) is 12.4. The fourth-order valence-electron chi connectivity index (χ4n) is 3.01. The average Bonchev–Trinajstić information content (AvgIpc) is 3.07. The van der Waals surface area contributed by atoms with Crippen molar-refractivity contribution in [2.24, 2.45) is 0 Å². The van der Waals surface area contributed by atoms with Crippen LogP contribution in [0, 0.1) is 20.8 Å². The highest BCUT2D eigenvalue weighted by Crippen LogP contribution is 2.26. The number of ketones is 1. The standard InChI is InChI=1S/C21H23N3O2/c1-13-9-14(2)21(15(3)10-13)26-16(4)19(25)11-20-23-12-18(24-20)17-7-5-6-8-22-17/h5-10,12,16H,11H2,1-4H3,(H,23,24). The van der Waals surface area contributed by atoms with Crippen LogP contribution < -0.4 is 4.74 Å². The molecule has 0 aliphatic heterocycles. The Morgan fingerprint density at radius 2 is 1.88 bits per heavy atom. The van der Waals surface area contributed by atoms with E-state index in [9.17, 15) is 4.79 Å². The molecule has 1 atom stereocenters. The molecule has 2 aromatic heterocycles. The minimum absolute atomic E-state index is 0.0219. The fourth-order valence-corrected chi connectivity index (χ4v) is 3.01. The summed E-state index contributed by atoms with van der Waals surface area (Å²) in [5, 5.41) is 0. The molecule has 0 saturated heterocycles. The Balaban J connectivity index is 1.68. The second-order valence-corrected chi connectivity index (χ2v) is 6.59. The molecule has 0 aliphatic carbocycles. The van der Waals surface area contributed by atoms with Gasteiger partial charge in [-0.25, -0.2) is 4.98 Å². The molecule has 26 heavy (non-hydrogen) atoms. The summed E-state index contributed by atoms with van der Waals surface area (Å²) in [4.78, 5) is 24.3. The summed E-state index contributed by atoms with van der Waals surface area (Å²) in [5.41, 5.74) is 4.86. The SMILES string of the molecule is Cc1cc(C)c(OC(C)C(=O)Cc2ncc(-c3ccccn3)[nH]2)c(C)c1. The van der Waals surface area contributed by atoms with Crippen molar-refractivity contribution >= 4 is 5.78 Å². The monoisotopic (exact) mass is 349 g/mol. The number of ether oxygens (including phenoxy) is 1. The van der Waals surface area contributed by atoms with Crippen LogP contribution in [0.2, 0.25) is 0 Å². The average molecular weight is 349 g/mol. The largest absolute Gasteiger partial charge is 0.482 e. The third kappa shape index (κ3) is 3.99. The molecule has 0 radical (unpaired) electrons. The van der Waals surface area contributed by atoms with Crippen molar-refractivity contribution in [1.82, 2.24) is 15.0 Å². The van der Waals surface area contributed by atoms with Crippen molar-refractivity contribution in [1.29, 1.82) is 0 Å². The van der Waals surface area contributed by atoms with E-state index in [2.05, 4.69) is 34.0 Å². The number of aromatic nitrogens is 3. The third-order valence-electron chi connectivity index (χ3n) is 4.26. The van der Waals surface area contributed by atoms with Crippen molar-refractivity contribution in [2.45, 2.75) is 40.2 Å². The molecular formula is C21H23N3O2. The van der Waals surface area contributed by atoms with E-state index in [1.807, 2.05) is 32.0 Å². The molecular weight excluding hydrogens is 326 g/mol. The van der Waals surface area contributed by atoms with Gasteiger partial charge in [0.05, 0.1) is 24.0 Å². The molecule has 1 unspecified atom stereocenters. The molecule has 0 aliphatic rings. The summed E-state index contributed by atoms with van der Waals surface area (Å²) >= 11 is 0. The van der Waals surface area contributed by atoms with Crippen LogP contribution in [0.15, 0.2) is 42.7 Å². The first kappa shape index (κ1) is 17.9. The van der Waals surface area contributed by atoms with Crippen molar-refractivity contribution in [3.05, 3.63) is 65.2 Å². The van der Waals surface area contributed by atoms with Crippen LogP contribution in [0.25, 0.3) is 11.4 Å². The van der Waals surface area contributed by atoms with E-state index >= 15 is 0 Å². The number of nitrogens with one attached hydrogen (secondary N) is 1. The Bertz CT molecular complexity index is 893. The summed E-state index contributed by atoms with van der Waals surface area (Å²) in [5.74, 6) is 1.37. The van der Waals surface area contributed by atoms with Crippen molar-refractivity contribution < 1.29 is 9.53 Å². The van der Waals surface area contributed by atoms with Crippen molar-refractivity contribution in [2.75, 3.05) is 0 Å². The van der Waals surface area contributed by atoms with Gasteiger partial charge in [-0.2, -0.15) is 0 Å². The highest BCUT2D eigenvalue weighted by molar-refractivity contribution is 5.84. The number of aryl methyl sites for hydroxylation is 3. The van der Waals surface area contributed by atoms with Crippen LogP contribution in [-0.2, 0) is 11.2 Å². The fraction of sp³-hybridized carbons (Fsp3) is 0.286. The number of hydrogen-bond donors (Lipinski definition) is 1. The number of imidazole rings is 1. The van der Waals surface area contributed by atoms with Crippen LogP contribution >= 0.6 is 0 Å². The van der Waals surface area contributed by atoms with Gasteiger partial charge in [-0.05, 0) is 51.0 Å². The zero-order valence-electron chi connectivity index (χ0n) is 15.5. The first-order valence-corrected chi connectivity index (χ1v) is 8.66. The van der Waals surface area contributed by atoms with Crippen LogP contribution in [-0.4, -0.2) is 26.8 Å². The summed E-state index contributed by atoms with van der Waals surface area (Å²) < 4.78 is 5.95. The predicted molar refractivity (Wildman–Crippen MR) is 101 cm³/mol. The first-order valence-electron chi connectivity index (χ1n) is 8.66. The molecule has 5 heteroatoms. The Kier molecular flexibility index (Phi) is 5.16. The number of pyridine rings is 1. The molecule has 2 heterocycles. The van der Waals surface area contributed by atoms with E-state index in [0.29, 0.717) is 5.82 Å². The Hall–Kier alpha value is -2.95. The van der Waals surface area contributed by atoms with Crippen LogP contribution in [0.1, 0.15) is 29.4 Å². The molecule has 0 bridgehead atoms. The van der Waals surface area contributed by atoms with Gasteiger partial charge >= 0.3 is 0 Å². The summed E-state index contributed by atoms with van der Waals surface area (Å²) in [7, 11) is 0. The number of H-pyrrole nitrogens is 1. The van der Waals surface area contributed by atoms with Gasteiger partial charge in [0.2, 0.25) is 0 Å². The van der Waals surface area contributed by atoms with Crippen LogP contribution in [0.5, 0.6) is 5.75 Å². The molecule has 0 amide bonds. The zero-order chi connectivity index (χ0) is 18.7. The number of benzene rings is 1. The number of aromatic amines is 1. The number of carbonyl (C=O) groups is 1. The molecule has 0 saturated carbocycles. The van der Waals surface area contributed by atoms with E-state index in [0.717, 1.165) is 28.3 Å². The predicted octanol–water partition coefficient (Wildman–Crippen LogP) is 3.98. The molecule has 3 aromatic rings. The van der Waals surface area contributed by atoms with Crippen molar-refractivity contribution in [3.63, 3.8) is 0 Å². The van der Waals surface area contributed by atoms with E-state index in [-0.39, 0.29) is 12.2 Å². The summed E-state index contributed by atoms with van der Waals surface area (Å²) in [6.07, 6.45) is 3.07. The lowest BCUT2D eigenvalue weighted by Crippen LogP contribution is -2.26. The Morgan fingerprint density at radius 1 is 1.15 bits per heavy atom. The minimum Gasteiger partial charge on any atom is -0.482 e. The summed E-state index contributed by atoms with van der Waals surface area (Å²) in [6, 6.07) is 9.79. The maximum atomic E-state index is 12.6. The molecule has 0 fully saturated rings. The van der Waals surface area contributed by atoms with E-state index < -0.39 is 6.10 Å². The number of hydrogen-bond acceptors (Lipinski definition) is 4. The number of rotatable bonds is 6. The van der Waals surface area contributed by atoms with Gasteiger partial charge in [-0.3, -0.25) is 9.78 Å². The lowest BCUT2D eigenvalue weighted by Gasteiger charge is -2.17. The lowest BCUT2D eigenvalue weighted by molar-refractivity contribution is -0.124. The van der Waals surface area contributed by atoms with Crippen molar-refractivity contribution in [3.8, 4) is 17.1 Å². The van der Waals surface area contributed by atoms with E-state index in [4.69, 9.17) is 4.74 Å². The van der Waals surface area contributed by atoms with E-state index in [1.165, 1.54) is 5.56 Å². The number of Topliss-reactive ketones (excluding diaryl/α,β-unsaturated/α-hetero) is 1. The zero-order valence-corrected chi connectivity index (χ0v) is 15.5. The number of carbonyl (C=O) groups excluding carboxylic acids is 1. The third-order valence-corrected chi connectivity index (χ3v) is 4.26. The molecule has 5 nitrogen and oxygen atoms in total. The van der Waals surface area contributed by atoms with Gasteiger partial charge in [-0.15, -0.1) is 0 Å². The maximum Gasteiger partial charge on any atom is 0.180 e. The van der Waals surface area contributed by atoms with Crippen LogP contribution in [0.4, 0.5) is 0 Å². The van der Waals surface area contributed by atoms with Gasteiger partial charge in [-0.1, -0.05) is 23.8 Å². The molecule has 1 aromatic carbocycles. The van der Waals surface area contributed by atoms with Gasteiger partial charge < -0.3 is 9.72 Å². The molecule has 0 spiro atoms. The normalized spacial score (nSPS) is 12.0. The van der Waals surface area contributed by atoms with Gasteiger partial charge in [0.25, 0.3) is 0 Å². The topological polar surface area (TPSA) is 67.9 Å². The molecule has 3 rings (SSSR count). The van der Waals surface area contributed by atoms with Gasteiger partial charge in [0.1, 0.15) is 11.6 Å². The van der Waals surface area contributed by atoms with Crippen LogP contribution in [0.3, 0.4) is 0 Å². The van der Waals surface area contributed by atoms with E-state index in [1.54, 1.807) is 19.3 Å². The smallest absolute Gasteiger partial charge is 0.180 e. The summed E-state index contributed by atoms with van der Waals surface area (Å²) in [6.45, 7) is 7.83. The molecule has 1 N–H and O–H groups in total. The molecule has 134 valence electrons. The van der Waals surface area contributed by atoms with Gasteiger partial charge in [0, 0.05) is 6.20 Å². The van der Waals surface area contributed by atoms with Gasteiger partial charge in [0.15, 0.2) is 11.9 Å². The second-order valence-electron chi connectivity index (χ2n) is 6.59. The quantitative estimate of drug-likeness (QED) is 0.731. The second kappa shape index (κ2) is 7.52. The highest BCUT2D eigenvalue weighted by atomic mass is 16.5. The minimum atomic E-state index is -0.543. The highest BCUT2D eigenvalue weighted by Gasteiger charge is 2.19. The maximum absolute atomic E-state index is 12.6. The number of nitrogens with zero attached hydrogens (tertiary/aromatic N) is 2. The lowest BCUT2D eigenvalue weighted by atomic mass is 10.1. The Labute approximate surface area is 153 Å². The Morgan fingerprint density at radius 3 is 2.54 bits per heavy atom.